The lowest BCUT2D eigenvalue weighted by Crippen LogP contribution is -2.41. The number of aryl methyl sites for hydroxylation is 2. The number of benzene rings is 2. The molecule has 1 fully saturated rings. The van der Waals surface area contributed by atoms with Crippen LogP contribution in [0.1, 0.15) is 47.7 Å². The van der Waals surface area contributed by atoms with Gasteiger partial charge in [0.2, 0.25) is 0 Å². The summed E-state index contributed by atoms with van der Waals surface area (Å²) in [5.41, 5.74) is 2.46. The Labute approximate surface area is 180 Å². The van der Waals surface area contributed by atoms with Crippen molar-refractivity contribution in [1.29, 1.82) is 0 Å². The van der Waals surface area contributed by atoms with Crippen LogP contribution in [0.5, 0.6) is 5.75 Å². The second-order valence-electron chi connectivity index (χ2n) is 7.81. The minimum Gasteiger partial charge on any atom is -0.493 e. The minimum atomic E-state index is -0.222. The molecule has 0 spiro atoms. The molecule has 28 heavy (non-hydrogen) atoms. The van der Waals surface area contributed by atoms with Crippen LogP contribution in [-0.2, 0) is 0 Å². The molecule has 2 atom stereocenters. The average molecular weight is 495 g/mol. The molecule has 3 nitrogen and oxygen atoms in total. The van der Waals surface area contributed by atoms with Crippen molar-refractivity contribution < 1.29 is 13.9 Å². The van der Waals surface area contributed by atoms with Crippen molar-refractivity contribution in [3.8, 4) is 5.75 Å². The smallest absolute Gasteiger partial charge is 0.255 e. The van der Waals surface area contributed by atoms with Crippen LogP contribution in [0.2, 0.25) is 0 Å². The van der Waals surface area contributed by atoms with Crippen LogP contribution >= 0.6 is 22.6 Å². The zero-order valence-electron chi connectivity index (χ0n) is 16.7. The largest absolute Gasteiger partial charge is 0.493 e. The first-order valence-electron chi connectivity index (χ1n) is 9.81. The maximum Gasteiger partial charge on any atom is 0.255 e. The van der Waals surface area contributed by atoms with Gasteiger partial charge in [-0.15, -0.1) is 0 Å². The molecule has 3 rings (SSSR count). The van der Waals surface area contributed by atoms with Crippen molar-refractivity contribution in [2.75, 3.05) is 13.2 Å². The normalized spacial score (nSPS) is 20.0. The predicted octanol–water partition coefficient (Wildman–Crippen LogP) is 5.76. The van der Waals surface area contributed by atoms with Crippen molar-refractivity contribution in [2.45, 2.75) is 46.1 Å². The molecule has 0 saturated carbocycles. The highest BCUT2D eigenvalue weighted by Gasteiger charge is 2.29. The van der Waals surface area contributed by atoms with Crippen LogP contribution < -0.4 is 4.74 Å². The summed E-state index contributed by atoms with van der Waals surface area (Å²) in [5, 5.41) is 0. The van der Waals surface area contributed by atoms with Gasteiger partial charge in [0.25, 0.3) is 5.91 Å². The van der Waals surface area contributed by atoms with E-state index in [0.29, 0.717) is 24.5 Å². The first-order chi connectivity index (χ1) is 13.3. The first-order valence-corrected chi connectivity index (χ1v) is 10.9. The van der Waals surface area contributed by atoms with E-state index in [1.807, 2.05) is 30.0 Å². The molecular weight excluding hydrogens is 468 g/mol. The molecule has 2 aromatic rings. The van der Waals surface area contributed by atoms with Crippen LogP contribution in [0.15, 0.2) is 36.4 Å². The summed E-state index contributed by atoms with van der Waals surface area (Å²) in [4.78, 5) is 15.3. The molecule has 5 heteroatoms. The molecule has 2 unspecified atom stereocenters. The number of halogens is 2. The number of rotatable bonds is 4. The van der Waals surface area contributed by atoms with Gasteiger partial charge in [0.15, 0.2) is 0 Å². The van der Waals surface area contributed by atoms with Crippen LogP contribution in [0.25, 0.3) is 0 Å². The van der Waals surface area contributed by atoms with Gasteiger partial charge in [-0.05, 0) is 92.1 Å². The Bertz CT molecular complexity index is 854. The molecule has 1 heterocycles. The van der Waals surface area contributed by atoms with E-state index in [1.54, 1.807) is 19.1 Å². The quantitative estimate of drug-likeness (QED) is 0.505. The highest BCUT2D eigenvalue weighted by atomic mass is 127. The Hall–Kier alpha value is -1.63. The second kappa shape index (κ2) is 9.25. The lowest BCUT2D eigenvalue weighted by atomic mass is 10.0. The fourth-order valence-electron chi connectivity index (χ4n) is 3.71. The first kappa shape index (κ1) is 21.1. The van der Waals surface area contributed by atoms with E-state index in [2.05, 4.69) is 29.5 Å². The summed E-state index contributed by atoms with van der Waals surface area (Å²) in [5.74, 6) is 0.828. The van der Waals surface area contributed by atoms with Crippen LogP contribution in [0, 0.1) is 29.2 Å². The van der Waals surface area contributed by atoms with Gasteiger partial charge in [-0.3, -0.25) is 4.79 Å². The highest BCUT2D eigenvalue weighted by Crippen LogP contribution is 2.26. The van der Waals surface area contributed by atoms with Crippen LogP contribution in [0.3, 0.4) is 0 Å². The van der Waals surface area contributed by atoms with Gasteiger partial charge in [-0.25, -0.2) is 4.39 Å². The summed E-state index contributed by atoms with van der Waals surface area (Å²) in [6.45, 7) is 7.10. The molecule has 0 bridgehead atoms. The molecule has 1 amide bonds. The summed E-state index contributed by atoms with van der Waals surface area (Å²) in [7, 11) is 0. The number of carbonyl (C=O) groups is 1. The summed E-state index contributed by atoms with van der Waals surface area (Å²) < 4.78 is 20.4. The molecule has 0 N–H and O–H groups in total. The fourth-order valence-corrected chi connectivity index (χ4v) is 4.27. The Balaban J connectivity index is 1.72. The molecule has 1 aliphatic heterocycles. The highest BCUT2D eigenvalue weighted by molar-refractivity contribution is 14.1. The Morgan fingerprint density at radius 2 is 2.00 bits per heavy atom. The third-order valence-corrected chi connectivity index (χ3v) is 6.39. The molecule has 1 saturated heterocycles. The van der Waals surface area contributed by atoms with Gasteiger partial charge in [-0.2, -0.15) is 0 Å². The Kier molecular flexibility index (Phi) is 6.96. The summed E-state index contributed by atoms with van der Waals surface area (Å²) in [6.07, 6.45) is 3.10. The number of hydrogen-bond acceptors (Lipinski definition) is 2. The van der Waals surface area contributed by atoms with Crippen molar-refractivity contribution in [3.63, 3.8) is 0 Å². The predicted molar refractivity (Wildman–Crippen MR) is 118 cm³/mol. The van der Waals surface area contributed by atoms with Gasteiger partial charge < -0.3 is 9.64 Å². The summed E-state index contributed by atoms with van der Waals surface area (Å²) >= 11 is 2.24. The Morgan fingerprint density at radius 3 is 2.75 bits per heavy atom. The number of amides is 1. The average Bonchev–Trinajstić information content (AvgIpc) is 2.85. The van der Waals surface area contributed by atoms with E-state index >= 15 is 0 Å². The Morgan fingerprint density at radius 1 is 1.21 bits per heavy atom. The van der Waals surface area contributed by atoms with E-state index in [1.165, 1.54) is 6.07 Å². The SMILES string of the molecule is Cc1ccc(I)c(C(=O)N2CC(COc3ccc(F)c(C)c3)CCCC2C)c1. The van der Waals surface area contributed by atoms with E-state index in [9.17, 15) is 9.18 Å². The molecule has 0 aromatic heterocycles. The van der Waals surface area contributed by atoms with Crippen molar-refractivity contribution in [3.05, 3.63) is 62.5 Å². The van der Waals surface area contributed by atoms with E-state index in [4.69, 9.17) is 4.74 Å². The topological polar surface area (TPSA) is 29.5 Å². The summed E-state index contributed by atoms with van der Waals surface area (Å²) in [6, 6.07) is 11.1. The third-order valence-electron chi connectivity index (χ3n) is 5.45. The van der Waals surface area contributed by atoms with E-state index in [0.717, 1.165) is 34.0 Å². The van der Waals surface area contributed by atoms with Crippen molar-refractivity contribution in [2.24, 2.45) is 5.92 Å². The maximum atomic E-state index is 13.5. The minimum absolute atomic E-state index is 0.102. The van der Waals surface area contributed by atoms with E-state index < -0.39 is 0 Å². The van der Waals surface area contributed by atoms with Gasteiger partial charge in [-0.1, -0.05) is 18.1 Å². The monoisotopic (exact) mass is 495 g/mol. The standard InChI is InChI=1S/C23H27FINO2/c1-15-7-10-22(25)20(11-15)23(27)26-13-18(6-4-5-17(26)3)14-28-19-8-9-21(24)16(2)12-19/h7-12,17-18H,4-6,13-14H2,1-3H3. The maximum absolute atomic E-state index is 13.5. The molecule has 2 aromatic carbocycles. The molecule has 150 valence electrons. The van der Waals surface area contributed by atoms with Gasteiger partial charge >= 0.3 is 0 Å². The zero-order valence-corrected chi connectivity index (χ0v) is 18.8. The lowest BCUT2D eigenvalue weighted by molar-refractivity contribution is 0.0653. The molecule has 0 radical (unpaired) electrons. The number of carbonyl (C=O) groups excluding carboxylic acids is 1. The number of hydrogen-bond donors (Lipinski definition) is 0. The zero-order chi connectivity index (χ0) is 20.3. The van der Waals surface area contributed by atoms with Gasteiger partial charge in [0.1, 0.15) is 11.6 Å². The number of likely N-dealkylation sites (tertiary alicyclic amines) is 1. The molecule has 0 aliphatic carbocycles. The third kappa shape index (κ3) is 5.04. The fraction of sp³-hybridized carbons (Fsp3) is 0.435. The number of ether oxygens (including phenoxy) is 1. The van der Waals surface area contributed by atoms with Crippen LogP contribution in [-0.4, -0.2) is 30.0 Å². The van der Waals surface area contributed by atoms with Gasteiger partial charge in [0.05, 0.1) is 12.2 Å². The molecular formula is C23H27FINO2. The second-order valence-corrected chi connectivity index (χ2v) is 8.97. The van der Waals surface area contributed by atoms with Crippen LogP contribution in [0.4, 0.5) is 4.39 Å². The van der Waals surface area contributed by atoms with Crippen molar-refractivity contribution >= 4 is 28.5 Å². The van der Waals surface area contributed by atoms with E-state index in [-0.39, 0.29) is 23.7 Å². The molecule has 1 aliphatic rings. The number of nitrogens with zero attached hydrogens (tertiary/aromatic N) is 1. The lowest BCUT2D eigenvalue weighted by Gasteiger charge is -2.30. The van der Waals surface area contributed by atoms with Crippen molar-refractivity contribution in [1.82, 2.24) is 4.90 Å². The van der Waals surface area contributed by atoms with Gasteiger partial charge in [0, 0.05) is 22.1 Å².